The Morgan fingerprint density at radius 3 is 2.58 bits per heavy atom. The monoisotopic (exact) mass is 350 g/mol. The number of nitrogens with two attached hydrogens (primary N) is 2. The Balaban J connectivity index is 2.32. The molecule has 2 rings (SSSR count). The fourth-order valence-electron chi connectivity index (χ4n) is 3.53. The molecule has 1 atom stereocenters. The molecule has 0 aromatic carbocycles. The molecule has 0 bridgehead atoms. The van der Waals surface area contributed by atoms with Crippen molar-refractivity contribution in [3.8, 4) is 6.07 Å². The number of hydrogen-bond acceptors (Lipinski definition) is 7. The molecule has 1 aliphatic heterocycles. The van der Waals surface area contributed by atoms with Crippen molar-refractivity contribution in [3.05, 3.63) is 11.4 Å². The zero-order valence-electron chi connectivity index (χ0n) is 13.9. The lowest BCUT2D eigenvalue weighted by Gasteiger charge is -2.38. The molecular formula is C16H22N4O3S. The molecule has 2 aliphatic rings. The van der Waals surface area contributed by atoms with E-state index < -0.39 is 23.2 Å². The van der Waals surface area contributed by atoms with Crippen LogP contribution in [0, 0.1) is 22.7 Å². The number of aliphatic imine (C=N–C) groups is 1. The van der Waals surface area contributed by atoms with Gasteiger partial charge in [-0.25, -0.2) is 4.99 Å². The second-order valence-corrected chi connectivity index (χ2v) is 7.34. The fourth-order valence-corrected chi connectivity index (χ4v) is 4.53. The minimum atomic E-state index is -0.723. The number of nitrogens with zero attached hydrogens (tertiary/aromatic N) is 2. The first-order valence-corrected chi connectivity index (χ1v) is 8.91. The van der Waals surface area contributed by atoms with Gasteiger partial charge in [-0.3, -0.25) is 9.59 Å². The van der Waals surface area contributed by atoms with E-state index in [1.54, 1.807) is 13.8 Å². The molecular weight excluding hydrogens is 328 g/mol. The molecule has 1 unspecified atom stereocenters. The van der Waals surface area contributed by atoms with Gasteiger partial charge in [0.1, 0.15) is 5.82 Å². The second-order valence-electron chi connectivity index (χ2n) is 6.35. The van der Waals surface area contributed by atoms with Crippen molar-refractivity contribution in [1.29, 1.82) is 5.26 Å². The average molecular weight is 350 g/mol. The number of ether oxygens (including phenoxy) is 1. The molecule has 1 aliphatic carbocycles. The summed E-state index contributed by atoms with van der Waals surface area (Å²) in [6.07, 6.45) is 2.92. The normalized spacial score (nSPS) is 22.4. The molecule has 0 aromatic heterocycles. The van der Waals surface area contributed by atoms with Crippen LogP contribution in [0.25, 0.3) is 0 Å². The Bertz CT molecular complexity index is 642. The van der Waals surface area contributed by atoms with Crippen molar-refractivity contribution in [2.24, 2.45) is 27.8 Å². The summed E-state index contributed by atoms with van der Waals surface area (Å²) in [6.45, 7) is 3.53. The largest absolute Gasteiger partial charge is 0.462 e. The van der Waals surface area contributed by atoms with E-state index in [1.807, 2.05) is 0 Å². The van der Waals surface area contributed by atoms with E-state index >= 15 is 0 Å². The Labute approximate surface area is 145 Å². The highest BCUT2D eigenvalue weighted by molar-refractivity contribution is 8.14. The summed E-state index contributed by atoms with van der Waals surface area (Å²) in [5.41, 5.74) is 11.3. The van der Waals surface area contributed by atoms with Crippen LogP contribution in [0.5, 0.6) is 0 Å². The predicted octanol–water partition coefficient (Wildman–Crippen LogP) is 1.44. The molecule has 1 amide bonds. The quantitative estimate of drug-likeness (QED) is 0.737. The topological polar surface area (TPSA) is 132 Å². The molecule has 130 valence electrons. The van der Waals surface area contributed by atoms with Crippen LogP contribution < -0.4 is 11.5 Å². The van der Waals surface area contributed by atoms with E-state index in [9.17, 15) is 14.9 Å². The number of carbonyl (C=O) groups is 2. The molecule has 24 heavy (non-hydrogen) atoms. The maximum atomic E-state index is 12.2. The average Bonchev–Trinajstić information content (AvgIpc) is 2.93. The van der Waals surface area contributed by atoms with E-state index in [0.717, 1.165) is 24.6 Å². The summed E-state index contributed by atoms with van der Waals surface area (Å²) in [5, 5.41) is 9.90. The first kappa shape index (κ1) is 18.3. The molecule has 7 nitrogen and oxygen atoms in total. The lowest BCUT2D eigenvalue weighted by Crippen LogP contribution is -2.46. The van der Waals surface area contributed by atoms with Gasteiger partial charge in [0.25, 0.3) is 0 Å². The fraction of sp³-hybridized carbons (Fsp3) is 0.625. The van der Waals surface area contributed by atoms with Gasteiger partial charge < -0.3 is 16.2 Å². The third-order valence-corrected chi connectivity index (χ3v) is 5.38. The van der Waals surface area contributed by atoms with Gasteiger partial charge in [0.15, 0.2) is 0 Å². The Kier molecular flexibility index (Phi) is 5.54. The summed E-state index contributed by atoms with van der Waals surface area (Å²) < 4.78 is 5.10. The molecule has 8 heteroatoms. The minimum absolute atomic E-state index is 0.0199. The standard InChI is InChI=1S/C16H22N4O3S/c1-9(2)23-11(21)8-24-15-12(14(19)22)16(5-3-4-6-16)10(7-17)13(18)20-15/h9,12H,3-6,8,18H2,1-2H3,(H2,19,22). The van der Waals surface area contributed by atoms with E-state index in [-0.39, 0.29) is 17.7 Å². The number of esters is 1. The summed E-state index contributed by atoms with van der Waals surface area (Å²) in [6, 6.07) is 2.12. The van der Waals surface area contributed by atoms with Crippen LogP contribution in [-0.2, 0) is 14.3 Å². The zero-order chi connectivity index (χ0) is 17.9. The summed E-state index contributed by atoms with van der Waals surface area (Å²) in [5.74, 6) is -1.52. The lowest BCUT2D eigenvalue weighted by atomic mass is 9.67. The van der Waals surface area contributed by atoms with Crippen molar-refractivity contribution in [1.82, 2.24) is 0 Å². The van der Waals surface area contributed by atoms with Gasteiger partial charge in [-0.2, -0.15) is 5.26 Å². The highest BCUT2D eigenvalue weighted by Gasteiger charge is 2.52. The molecule has 1 heterocycles. The Hall–Kier alpha value is -2.01. The van der Waals surface area contributed by atoms with E-state index in [4.69, 9.17) is 16.2 Å². The maximum absolute atomic E-state index is 12.2. The molecule has 1 spiro atoms. The minimum Gasteiger partial charge on any atom is -0.462 e. The van der Waals surface area contributed by atoms with Gasteiger partial charge in [-0.1, -0.05) is 24.6 Å². The summed E-state index contributed by atoms with van der Waals surface area (Å²) >= 11 is 1.11. The number of nitriles is 1. The molecule has 0 saturated heterocycles. The van der Waals surface area contributed by atoms with Crippen LogP contribution in [0.1, 0.15) is 39.5 Å². The zero-order valence-corrected chi connectivity index (χ0v) is 14.7. The highest BCUT2D eigenvalue weighted by atomic mass is 32.2. The number of hydrogen-bond donors (Lipinski definition) is 2. The Morgan fingerprint density at radius 2 is 2.08 bits per heavy atom. The van der Waals surface area contributed by atoms with Gasteiger partial charge in [0.05, 0.1) is 34.5 Å². The molecule has 0 aromatic rings. The van der Waals surface area contributed by atoms with Crippen LogP contribution in [0.15, 0.2) is 16.4 Å². The van der Waals surface area contributed by atoms with Gasteiger partial charge >= 0.3 is 5.97 Å². The van der Waals surface area contributed by atoms with Crippen molar-refractivity contribution < 1.29 is 14.3 Å². The van der Waals surface area contributed by atoms with Crippen LogP contribution in [-0.4, -0.2) is 28.8 Å². The van der Waals surface area contributed by atoms with Crippen LogP contribution in [0.3, 0.4) is 0 Å². The van der Waals surface area contributed by atoms with Crippen LogP contribution >= 0.6 is 11.8 Å². The summed E-state index contributed by atoms with van der Waals surface area (Å²) in [4.78, 5) is 28.1. The van der Waals surface area contributed by atoms with Crippen LogP contribution in [0.4, 0.5) is 0 Å². The number of carbonyl (C=O) groups excluding carboxylic acids is 2. The lowest BCUT2D eigenvalue weighted by molar-refractivity contribution is -0.144. The van der Waals surface area contributed by atoms with Crippen molar-refractivity contribution in [2.45, 2.75) is 45.6 Å². The number of rotatable bonds is 4. The SMILES string of the molecule is CC(C)OC(=O)CSC1=NC(N)=C(C#N)C2(CCCC2)C1C(N)=O. The molecule has 0 radical (unpaired) electrons. The summed E-state index contributed by atoms with van der Waals surface area (Å²) in [7, 11) is 0. The van der Waals surface area contributed by atoms with Crippen molar-refractivity contribution >= 4 is 28.7 Å². The number of allylic oxidation sites excluding steroid dienone is 1. The van der Waals surface area contributed by atoms with Crippen molar-refractivity contribution in [3.63, 3.8) is 0 Å². The number of thioether (sulfide) groups is 1. The molecule has 1 saturated carbocycles. The first-order valence-electron chi connectivity index (χ1n) is 7.92. The van der Waals surface area contributed by atoms with Gasteiger partial charge in [0, 0.05) is 5.41 Å². The second kappa shape index (κ2) is 7.26. The van der Waals surface area contributed by atoms with E-state index in [0.29, 0.717) is 23.5 Å². The van der Waals surface area contributed by atoms with Gasteiger partial charge in [0.2, 0.25) is 5.91 Å². The number of amides is 1. The third kappa shape index (κ3) is 3.41. The molecule has 4 N–H and O–H groups in total. The smallest absolute Gasteiger partial charge is 0.316 e. The van der Waals surface area contributed by atoms with Gasteiger partial charge in [-0.15, -0.1) is 0 Å². The molecule has 1 fully saturated rings. The van der Waals surface area contributed by atoms with Crippen molar-refractivity contribution in [2.75, 3.05) is 5.75 Å². The number of primary amides is 1. The Morgan fingerprint density at radius 1 is 1.46 bits per heavy atom. The van der Waals surface area contributed by atoms with Gasteiger partial charge in [-0.05, 0) is 26.7 Å². The van der Waals surface area contributed by atoms with Crippen LogP contribution in [0.2, 0.25) is 0 Å². The third-order valence-electron chi connectivity index (χ3n) is 4.38. The first-order chi connectivity index (χ1) is 11.3. The highest BCUT2D eigenvalue weighted by Crippen LogP contribution is 2.53. The maximum Gasteiger partial charge on any atom is 0.316 e. The van der Waals surface area contributed by atoms with E-state index in [2.05, 4.69) is 11.1 Å². The van der Waals surface area contributed by atoms with E-state index in [1.165, 1.54) is 0 Å². The predicted molar refractivity (Wildman–Crippen MR) is 91.5 cm³/mol.